The number of alkyl halides is 3. The van der Waals surface area contributed by atoms with Crippen LogP contribution in [0.4, 0.5) is 23.7 Å². The van der Waals surface area contributed by atoms with Crippen molar-refractivity contribution in [3.8, 4) is 0 Å². The molecule has 0 bridgehead atoms. The SMILES string of the molecule is CNC(=O)N1CC(CNc2cc(C(F)(F)F)nc3ccc(Cl)cc23)(c2ccccc2)C1. The number of hydrogen-bond acceptors (Lipinski definition) is 3. The van der Waals surface area contributed by atoms with E-state index in [2.05, 4.69) is 15.6 Å². The smallest absolute Gasteiger partial charge is 0.383 e. The second-order valence-electron chi connectivity index (χ2n) is 7.63. The minimum Gasteiger partial charge on any atom is -0.383 e. The minimum absolute atomic E-state index is 0.188. The molecule has 2 heterocycles. The summed E-state index contributed by atoms with van der Waals surface area (Å²) < 4.78 is 40.2. The van der Waals surface area contributed by atoms with Crippen LogP contribution in [-0.2, 0) is 11.6 Å². The van der Waals surface area contributed by atoms with E-state index in [0.717, 1.165) is 11.6 Å². The number of aromatic nitrogens is 1. The highest BCUT2D eigenvalue weighted by Crippen LogP contribution is 2.37. The maximum atomic E-state index is 13.4. The van der Waals surface area contributed by atoms with E-state index in [1.807, 2.05) is 30.3 Å². The van der Waals surface area contributed by atoms with Crippen molar-refractivity contribution in [3.05, 3.63) is 70.9 Å². The maximum Gasteiger partial charge on any atom is 0.433 e. The topological polar surface area (TPSA) is 57.3 Å². The van der Waals surface area contributed by atoms with Crippen LogP contribution in [0.1, 0.15) is 11.3 Å². The summed E-state index contributed by atoms with van der Waals surface area (Å²) in [6, 6.07) is 15.0. The fourth-order valence-electron chi connectivity index (χ4n) is 3.93. The average Bonchev–Trinajstić information content (AvgIpc) is 2.72. The van der Waals surface area contributed by atoms with E-state index >= 15 is 0 Å². The first-order valence-electron chi connectivity index (χ1n) is 9.65. The molecule has 4 rings (SSSR count). The van der Waals surface area contributed by atoms with E-state index in [1.54, 1.807) is 18.0 Å². The third-order valence-electron chi connectivity index (χ3n) is 5.55. The van der Waals surface area contributed by atoms with Crippen LogP contribution in [0.2, 0.25) is 5.02 Å². The van der Waals surface area contributed by atoms with Gasteiger partial charge in [-0.1, -0.05) is 41.9 Å². The molecule has 5 nitrogen and oxygen atoms in total. The molecule has 1 aliphatic heterocycles. The molecule has 1 saturated heterocycles. The van der Waals surface area contributed by atoms with Crippen molar-refractivity contribution in [3.63, 3.8) is 0 Å². The Bertz CT molecular complexity index is 1110. The zero-order chi connectivity index (χ0) is 22.2. The number of anilines is 1. The Hall–Kier alpha value is -3.00. The number of rotatable bonds is 4. The van der Waals surface area contributed by atoms with Gasteiger partial charge in [-0.25, -0.2) is 9.78 Å². The molecule has 2 aromatic carbocycles. The van der Waals surface area contributed by atoms with Gasteiger partial charge < -0.3 is 15.5 Å². The fourth-order valence-corrected chi connectivity index (χ4v) is 4.10. The van der Waals surface area contributed by atoms with Crippen molar-refractivity contribution in [2.24, 2.45) is 0 Å². The average molecular weight is 449 g/mol. The second-order valence-corrected chi connectivity index (χ2v) is 8.06. The number of amides is 2. The number of halogens is 4. The Kier molecular flexibility index (Phi) is 5.43. The monoisotopic (exact) mass is 448 g/mol. The van der Waals surface area contributed by atoms with Crippen LogP contribution in [0, 0.1) is 0 Å². The van der Waals surface area contributed by atoms with Crippen LogP contribution < -0.4 is 10.6 Å². The quantitative estimate of drug-likeness (QED) is 0.596. The lowest BCUT2D eigenvalue weighted by atomic mass is 9.73. The maximum absolute atomic E-state index is 13.4. The molecule has 9 heteroatoms. The standard InChI is InChI=1S/C22H20ClF3N4O/c1-27-20(31)30-12-21(13-30,14-5-3-2-4-6-14)11-28-18-10-19(22(24,25)26)29-17-8-7-15(23)9-16(17)18/h2-10H,11-13H2,1H3,(H,27,31)(H,28,29). The molecule has 0 spiro atoms. The summed E-state index contributed by atoms with van der Waals surface area (Å²) in [5.41, 5.74) is 0.110. The van der Waals surface area contributed by atoms with Crippen LogP contribution >= 0.6 is 11.6 Å². The van der Waals surface area contributed by atoms with E-state index in [1.165, 1.54) is 12.1 Å². The van der Waals surface area contributed by atoms with E-state index in [9.17, 15) is 18.0 Å². The van der Waals surface area contributed by atoms with Gasteiger partial charge in [0, 0.05) is 48.2 Å². The van der Waals surface area contributed by atoms with Crippen molar-refractivity contribution >= 4 is 34.2 Å². The van der Waals surface area contributed by atoms with Gasteiger partial charge in [0.05, 0.1) is 5.52 Å². The summed E-state index contributed by atoms with van der Waals surface area (Å²) in [6.45, 7) is 1.23. The van der Waals surface area contributed by atoms with Gasteiger partial charge in [-0.15, -0.1) is 0 Å². The lowest BCUT2D eigenvalue weighted by Gasteiger charge is -2.50. The molecule has 2 N–H and O–H groups in total. The Morgan fingerprint density at radius 2 is 1.87 bits per heavy atom. The van der Waals surface area contributed by atoms with Crippen LogP contribution in [0.25, 0.3) is 10.9 Å². The molecule has 1 aromatic heterocycles. The van der Waals surface area contributed by atoms with E-state index in [0.29, 0.717) is 35.7 Å². The Labute approximate surface area is 182 Å². The van der Waals surface area contributed by atoms with Crippen LogP contribution in [0.5, 0.6) is 0 Å². The third-order valence-corrected chi connectivity index (χ3v) is 5.79. The van der Waals surface area contributed by atoms with Crippen molar-refractivity contribution in [2.75, 3.05) is 32.0 Å². The number of carbonyl (C=O) groups excluding carboxylic acids is 1. The Morgan fingerprint density at radius 1 is 1.16 bits per heavy atom. The van der Waals surface area contributed by atoms with Gasteiger partial charge >= 0.3 is 12.2 Å². The number of fused-ring (bicyclic) bond motifs is 1. The van der Waals surface area contributed by atoms with Crippen molar-refractivity contribution in [2.45, 2.75) is 11.6 Å². The van der Waals surface area contributed by atoms with Crippen LogP contribution in [0.15, 0.2) is 54.6 Å². The summed E-state index contributed by atoms with van der Waals surface area (Å²) in [6.07, 6.45) is -4.58. The number of benzene rings is 2. The Balaban J connectivity index is 1.69. The lowest BCUT2D eigenvalue weighted by molar-refractivity contribution is -0.140. The van der Waals surface area contributed by atoms with Crippen molar-refractivity contribution < 1.29 is 18.0 Å². The minimum atomic E-state index is -4.58. The summed E-state index contributed by atoms with van der Waals surface area (Å²) in [4.78, 5) is 17.4. The zero-order valence-electron chi connectivity index (χ0n) is 16.6. The molecule has 0 unspecified atom stereocenters. The van der Waals surface area contributed by atoms with E-state index in [4.69, 9.17) is 11.6 Å². The number of carbonyl (C=O) groups is 1. The lowest BCUT2D eigenvalue weighted by Crippen LogP contribution is -2.65. The van der Waals surface area contributed by atoms with Crippen molar-refractivity contribution in [1.29, 1.82) is 0 Å². The fraction of sp³-hybridized carbons (Fsp3) is 0.273. The van der Waals surface area contributed by atoms with Gasteiger partial charge in [-0.05, 0) is 29.8 Å². The summed E-state index contributed by atoms with van der Waals surface area (Å²) in [5.74, 6) is 0. The zero-order valence-corrected chi connectivity index (χ0v) is 17.4. The molecule has 31 heavy (non-hydrogen) atoms. The van der Waals surface area contributed by atoms with Gasteiger partial charge in [0.2, 0.25) is 0 Å². The third kappa shape index (κ3) is 4.12. The molecule has 1 aliphatic rings. The van der Waals surface area contributed by atoms with Gasteiger partial charge in [-0.3, -0.25) is 0 Å². The summed E-state index contributed by atoms with van der Waals surface area (Å²) >= 11 is 6.09. The number of likely N-dealkylation sites (tertiary alicyclic amines) is 1. The molecule has 3 aromatic rings. The Morgan fingerprint density at radius 3 is 2.52 bits per heavy atom. The normalized spacial score (nSPS) is 15.5. The van der Waals surface area contributed by atoms with Crippen LogP contribution in [-0.4, -0.2) is 42.6 Å². The first kappa shape index (κ1) is 21.2. The number of nitrogens with one attached hydrogen (secondary N) is 2. The number of pyridine rings is 1. The van der Waals surface area contributed by atoms with Gasteiger partial charge in [0.25, 0.3) is 0 Å². The predicted octanol–water partition coefficient (Wildman–Crippen LogP) is 4.91. The molecule has 0 radical (unpaired) electrons. The molecular weight excluding hydrogens is 429 g/mol. The molecular formula is C22H20ClF3N4O. The highest BCUT2D eigenvalue weighted by Gasteiger charge is 2.46. The number of hydrogen-bond donors (Lipinski definition) is 2. The van der Waals surface area contributed by atoms with Gasteiger partial charge in [0.15, 0.2) is 0 Å². The van der Waals surface area contributed by atoms with Gasteiger partial charge in [0.1, 0.15) is 5.69 Å². The molecule has 0 saturated carbocycles. The molecule has 0 atom stereocenters. The van der Waals surface area contributed by atoms with Gasteiger partial charge in [-0.2, -0.15) is 13.2 Å². The molecule has 162 valence electrons. The van der Waals surface area contributed by atoms with E-state index < -0.39 is 17.3 Å². The van der Waals surface area contributed by atoms with Crippen molar-refractivity contribution in [1.82, 2.24) is 15.2 Å². The largest absolute Gasteiger partial charge is 0.433 e. The number of urea groups is 1. The first-order chi connectivity index (χ1) is 14.7. The van der Waals surface area contributed by atoms with E-state index in [-0.39, 0.29) is 11.5 Å². The predicted molar refractivity (Wildman–Crippen MR) is 114 cm³/mol. The molecule has 2 amide bonds. The second kappa shape index (κ2) is 7.92. The van der Waals surface area contributed by atoms with Crippen LogP contribution in [0.3, 0.4) is 0 Å². The molecule has 1 fully saturated rings. The highest BCUT2D eigenvalue weighted by molar-refractivity contribution is 6.31. The summed E-state index contributed by atoms with van der Waals surface area (Å²) in [7, 11) is 1.56. The molecule has 0 aliphatic carbocycles. The summed E-state index contributed by atoms with van der Waals surface area (Å²) in [5, 5.41) is 6.70. The first-order valence-corrected chi connectivity index (χ1v) is 10.0. The number of nitrogens with zero attached hydrogens (tertiary/aromatic N) is 2. The highest BCUT2D eigenvalue weighted by atomic mass is 35.5.